The van der Waals surface area contributed by atoms with Crippen molar-refractivity contribution >= 4 is 17.3 Å². The molecule has 2 aromatic carbocycles. The zero-order valence-corrected chi connectivity index (χ0v) is 16.8. The summed E-state index contributed by atoms with van der Waals surface area (Å²) in [7, 11) is 0. The minimum atomic E-state index is -0.938. The maximum atomic E-state index is 13.5. The minimum Gasteiger partial charge on any atom is -0.489 e. The first-order chi connectivity index (χ1) is 14.5. The molecule has 0 bridgehead atoms. The van der Waals surface area contributed by atoms with Crippen LogP contribution in [0.4, 0.5) is 26.1 Å². The standard InChI is InChI=1S/C21H23F2N5O2/c1-14(2)30-20-11-15(3-6-19(20)27-7-9-29-10-8-27)25-21-24-13-28(26-21)16-4-5-17(22)18(23)12-16/h3-6,11-14H,7-10H2,1-2H3,(H,25,26). The van der Waals surface area contributed by atoms with Gasteiger partial charge in [-0.1, -0.05) is 0 Å². The zero-order valence-electron chi connectivity index (χ0n) is 16.8. The monoisotopic (exact) mass is 415 g/mol. The van der Waals surface area contributed by atoms with Crippen molar-refractivity contribution in [2.45, 2.75) is 20.0 Å². The number of nitrogens with one attached hydrogen (secondary N) is 1. The van der Waals surface area contributed by atoms with E-state index in [0.717, 1.165) is 42.3 Å². The smallest absolute Gasteiger partial charge is 0.246 e. The summed E-state index contributed by atoms with van der Waals surface area (Å²) in [6, 6.07) is 9.39. The lowest BCUT2D eigenvalue weighted by molar-refractivity contribution is 0.122. The van der Waals surface area contributed by atoms with E-state index in [1.807, 2.05) is 32.0 Å². The molecule has 1 aliphatic rings. The Morgan fingerprint density at radius 1 is 1.07 bits per heavy atom. The van der Waals surface area contributed by atoms with Gasteiger partial charge in [-0.2, -0.15) is 4.98 Å². The van der Waals surface area contributed by atoms with Crippen molar-refractivity contribution in [3.8, 4) is 11.4 Å². The normalized spacial score (nSPS) is 14.2. The molecule has 0 aliphatic carbocycles. The van der Waals surface area contributed by atoms with Gasteiger partial charge in [0.1, 0.15) is 12.1 Å². The third kappa shape index (κ3) is 4.51. The predicted octanol–water partition coefficient (Wildman–Crippen LogP) is 3.91. The second kappa shape index (κ2) is 8.66. The largest absolute Gasteiger partial charge is 0.489 e. The van der Waals surface area contributed by atoms with Crippen molar-refractivity contribution in [3.63, 3.8) is 0 Å². The van der Waals surface area contributed by atoms with E-state index in [0.29, 0.717) is 24.8 Å². The Kier molecular flexibility index (Phi) is 5.80. The summed E-state index contributed by atoms with van der Waals surface area (Å²) in [6.07, 6.45) is 1.45. The molecule has 1 aliphatic heterocycles. The Bertz CT molecular complexity index is 1020. The number of rotatable bonds is 6. The highest BCUT2D eigenvalue weighted by atomic mass is 19.2. The Labute approximate surface area is 173 Å². The van der Waals surface area contributed by atoms with Crippen LogP contribution in [-0.2, 0) is 4.74 Å². The summed E-state index contributed by atoms with van der Waals surface area (Å²) < 4.78 is 39.5. The first-order valence-corrected chi connectivity index (χ1v) is 9.77. The Morgan fingerprint density at radius 3 is 2.60 bits per heavy atom. The van der Waals surface area contributed by atoms with Crippen molar-refractivity contribution in [1.82, 2.24) is 14.8 Å². The highest BCUT2D eigenvalue weighted by Crippen LogP contribution is 2.33. The van der Waals surface area contributed by atoms with E-state index in [1.165, 1.54) is 17.1 Å². The molecule has 2 heterocycles. The zero-order chi connectivity index (χ0) is 21.1. The van der Waals surface area contributed by atoms with E-state index < -0.39 is 11.6 Å². The van der Waals surface area contributed by atoms with Crippen LogP contribution in [0.1, 0.15) is 13.8 Å². The fourth-order valence-electron chi connectivity index (χ4n) is 3.21. The highest BCUT2D eigenvalue weighted by Gasteiger charge is 2.17. The van der Waals surface area contributed by atoms with Crippen LogP contribution in [0.2, 0.25) is 0 Å². The fourth-order valence-corrected chi connectivity index (χ4v) is 3.21. The summed E-state index contributed by atoms with van der Waals surface area (Å²) in [5.74, 6) is -0.756. The van der Waals surface area contributed by atoms with E-state index in [1.54, 1.807) is 0 Å². The van der Waals surface area contributed by atoms with Crippen LogP contribution in [0.3, 0.4) is 0 Å². The highest BCUT2D eigenvalue weighted by molar-refractivity contribution is 5.67. The minimum absolute atomic E-state index is 0.0192. The molecule has 0 atom stereocenters. The first-order valence-electron chi connectivity index (χ1n) is 9.77. The van der Waals surface area contributed by atoms with Crippen LogP contribution in [0.15, 0.2) is 42.7 Å². The number of ether oxygens (including phenoxy) is 2. The Hall–Kier alpha value is -3.20. The van der Waals surface area contributed by atoms with Gasteiger partial charge in [-0.05, 0) is 38.1 Å². The molecule has 0 saturated carbocycles. The lowest BCUT2D eigenvalue weighted by atomic mass is 10.2. The van der Waals surface area contributed by atoms with Crippen molar-refractivity contribution in [3.05, 3.63) is 54.4 Å². The first kappa shape index (κ1) is 20.1. The molecule has 1 N–H and O–H groups in total. The summed E-state index contributed by atoms with van der Waals surface area (Å²) in [4.78, 5) is 6.44. The number of hydrogen-bond donors (Lipinski definition) is 1. The number of anilines is 3. The predicted molar refractivity (Wildman–Crippen MR) is 110 cm³/mol. The third-order valence-corrected chi connectivity index (χ3v) is 4.59. The number of halogens is 2. The average molecular weight is 415 g/mol. The fraction of sp³-hybridized carbons (Fsp3) is 0.333. The van der Waals surface area contributed by atoms with E-state index in [2.05, 4.69) is 20.3 Å². The lowest BCUT2D eigenvalue weighted by Gasteiger charge is -2.31. The summed E-state index contributed by atoms with van der Waals surface area (Å²) in [5.41, 5.74) is 2.14. The van der Waals surface area contributed by atoms with Gasteiger partial charge in [0, 0.05) is 30.9 Å². The summed E-state index contributed by atoms with van der Waals surface area (Å²) in [5, 5.41) is 7.42. The maximum Gasteiger partial charge on any atom is 0.246 e. The number of morpholine rings is 1. The molecular formula is C21H23F2N5O2. The van der Waals surface area contributed by atoms with E-state index in [9.17, 15) is 8.78 Å². The van der Waals surface area contributed by atoms with Crippen LogP contribution in [-0.4, -0.2) is 47.2 Å². The molecule has 1 fully saturated rings. The second-order valence-corrected chi connectivity index (χ2v) is 7.18. The van der Waals surface area contributed by atoms with E-state index >= 15 is 0 Å². The molecule has 0 amide bonds. The molecule has 4 rings (SSSR count). The molecule has 158 valence electrons. The Morgan fingerprint density at radius 2 is 1.87 bits per heavy atom. The van der Waals surface area contributed by atoms with Gasteiger partial charge in [0.25, 0.3) is 0 Å². The molecule has 3 aromatic rings. The summed E-state index contributed by atoms with van der Waals surface area (Å²) in [6.45, 7) is 6.95. The van der Waals surface area contributed by atoms with Crippen molar-refractivity contribution in [1.29, 1.82) is 0 Å². The van der Waals surface area contributed by atoms with Gasteiger partial charge in [-0.25, -0.2) is 13.5 Å². The number of aromatic nitrogens is 3. The quantitative estimate of drug-likeness (QED) is 0.659. The summed E-state index contributed by atoms with van der Waals surface area (Å²) >= 11 is 0. The van der Waals surface area contributed by atoms with Crippen LogP contribution in [0.25, 0.3) is 5.69 Å². The van der Waals surface area contributed by atoms with Gasteiger partial charge >= 0.3 is 0 Å². The SMILES string of the molecule is CC(C)Oc1cc(Nc2ncn(-c3ccc(F)c(F)c3)n2)ccc1N1CCOCC1. The topological polar surface area (TPSA) is 64.4 Å². The van der Waals surface area contributed by atoms with Crippen LogP contribution >= 0.6 is 0 Å². The van der Waals surface area contributed by atoms with Crippen LogP contribution < -0.4 is 15.0 Å². The molecule has 1 saturated heterocycles. The molecule has 30 heavy (non-hydrogen) atoms. The van der Waals surface area contributed by atoms with Gasteiger partial charge in [-0.15, -0.1) is 5.10 Å². The number of hydrogen-bond acceptors (Lipinski definition) is 6. The van der Waals surface area contributed by atoms with Crippen LogP contribution in [0.5, 0.6) is 5.75 Å². The third-order valence-electron chi connectivity index (χ3n) is 4.59. The molecule has 1 aromatic heterocycles. The molecule has 0 spiro atoms. The van der Waals surface area contributed by atoms with Gasteiger partial charge in [-0.3, -0.25) is 0 Å². The average Bonchev–Trinajstić information content (AvgIpc) is 3.19. The molecular weight excluding hydrogens is 392 g/mol. The Balaban J connectivity index is 1.55. The lowest BCUT2D eigenvalue weighted by Crippen LogP contribution is -2.36. The van der Waals surface area contributed by atoms with E-state index in [-0.39, 0.29) is 6.10 Å². The number of nitrogens with zero attached hydrogens (tertiary/aromatic N) is 4. The molecule has 0 radical (unpaired) electrons. The van der Waals surface area contributed by atoms with Gasteiger partial charge in [0.05, 0.1) is 30.7 Å². The van der Waals surface area contributed by atoms with Crippen molar-refractivity contribution in [2.75, 3.05) is 36.5 Å². The molecule has 0 unspecified atom stereocenters. The van der Waals surface area contributed by atoms with Crippen LogP contribution in [0, 0.1) is 11.6 Å². The van der Waals surface area contributed by atoms with Gasteiger partial charge in [0.2, 0.25) is 5.95 Å². The van der Waals surface area contributed by atoms with Gasteiger partial charge in [0.15, 0.2) is 11.6 Å². The second-order valence-electron chi connectivity index (χ2n) is 7.18. The van der Waals surface area contributed by atoms with Crippen molar-refractivity contribution in [2.24, 2.45) is 0 Å². The maximum absolute atomic E-state index is 13.5. The van der Waals surface area contributed by atoms with Crippen molar-refractivity contribution < 1.29 is 18.3 Å². The molecule has 9 heteroatoms. The number of benzene rings is 2. The van der Waals surface area contributed by atoms with Gasteiger partial charge < -0.3 is 19.7 Å². The molecule has 7 nitrogen and oxygen atoms in total. The van der Waals surface area contributed by atoms with E-state index in [4.69, 9.17) is 9.47 Å².